The van der Waals surface area contributed by atoms with Gasteiger partial charge < -0.3 is 10.2 Å². The highest BCUT2D eigenvalue weighted by Gasteiger charge is 2.17. The fourth-order valence-electron chi connectivity index (χ4n) is 2.80. The number of rotatable bonds is 5. The molecule has 0 spiro atoms. The summed E-state index contributed by atoms with van der Waals surface area (Å²) in [4.78, 5) is 13.6. The van der Waals surface area contributed by atoms with E-state index in [0.29, 0.717) is 5.91 Å². The molecule has 1 saturated carbocycles. The number of nitrogens with one attached hydrogen (secondary N) is 1. The van der Waals surface area contributed by atoms with E-state index in [9.17, 15) is 4.79 Å². The maximum absolute atomic E-state index is 11.6. The maximum Gasteiger partial charge on any atom is 0.222 e. The van der Waals surface area contributed by atoms with Crippen LogP contribution in [0.5, 0.6) is 0 Å². The normalized spacial score (nSPS) is 23.0. The molecule has 1 aliphatic carbocycles. The maximum atomic E-state index is 11.6. The zero-order chi connectivity index (χ0) is 11.2. The summed E-state index contributed by atoms with van der Waals surface area (Å²) in [6.45, 7) is 3.02. The molecular weight excluding hydrogens is 200 g/mol. The van der Waals surface area contributed by atoms with Crippen molar-refractivity contribution >= 4 is 5.91 Å². The highest BCUT2D eigenvalue weighted by Crippen LogP contribution is 2.17. The van der Waals surface area contributed by atoms with Gasteiger partial charge in [-0.15, -0.1) is 0 Å². The first-order valence-corrected chi connectivity index (χ1v) is 6.87. The Morgan fingerprint density at radius 2 is 2.00 bits per heavy atom. The third-order valence-electron chi connectivity index (χ3n) is 3.81. The average molecular weight is 224 g/mol. The Bertz CT molecular complexity index is 224. The molecule has 1 heterocycles. The Labute approximate surface area is 98.6 Å². The van der Waals surface area contributed by atoms with Crippen molar-refractivity contribution in [3.8, 4) is 0 Å². The van der Waals surface area contributed by atoms with Crippen LogP contribution >= 0.6 is 0 Å². The standard InChI is InChI=1S/C13H24N2O/c16-13-8-3-4-10-15(13)11-5-9-14-12-6-1-2-7-12/h12,14H,1-11H2. The van der Waals surface area contributed by atoms with Gasteiger partial charge in [0.2, 0.25) is 5.91 Å². The largest absolute Gasteiger partial charge is 0.343 e. The lowest BCUT2D eigenvalue weighted by atomic mass is 10.1. The van der Waals surface area contributed by atoms with Crippen LogP contribution in [0.2, 0.25) is 0 Å². The summed E-state index contributed by atoms with van der Waals surface area (Å²) in [5.41, 5.74) is 0. The van der Waals surface area contributed by atoms with E-state index >= 15 is 0 Å². The SMILES string of the molecule is O=C1CCCCN1CCCNC1CCCC1. The zero-order valence-electron chi connectivity index (χ0n) is 10.2. The van der Waals surface area contributed by atoms with Crippen molar-refractivity contribution in [3.05, 3.63) is 0 Å². The molecule has 16 heavy (non-hydrogen) atoms. The van der Waals surface area contributed by atoms with Crippen LogP contribution < -0.4 is 5.32 Å². The van der Waals surface area contributed by atoms with Crippen LogP contribution in [0, 0.1) is 0 Å². The van der Waals surface area contributed by atoms with Gasteiger partial charge in [-0.25, -0.2) is 0 Å². The highest BCUT2D eigenvalue weighted by molar-refractivity contribution is 5.76. The molecular formula is C13H24N2O. The number of hydrogen-bond donors (Lipinski definition) is 1. The molecule has 1 N–H and O–H groups in total. The lowest BCUT2D eigenvalue weighted by Gasteiger charge is -2.26. The van der Waals surface area contributed by atoms with Crippen LogP contribution in [0.3, 0.4) is 0 Å². The summed E-state index contributed by atoms with van der Waals surface area (Å²) in [5.74, 6) is 0.368. The number of hydrogen-bond acceptors (Lipinski definition) is 2. The molecule has 0 unspecified atom stereocenters. The molecule has 0 atom stereocenters. The summed E-state index contributed by atoms with van der Waals surface area (Å²) < 4.78 is 0. The molecule has 0 aromatic carbocycles. The lowest BCUT2D eigenvalue weighted by molar-refractivity contribution is -0.133. The minimum Gasteiger partial charge on any atom is -0.343 e. The number of piperidine rings is 1. The highest BCUT2D eigenvalue weighted by atomic mass is 16.2. The van der Waals surface area contributed by atoms with Gasteiger partial charge in [0.1, 0.15) is 0 Å². The third kappa shape index (κ3) is 3.48. The number of carbonyl (C=O) groups is 1. The van der Waals surface area contributed by atoms with Crippen LogP contribution in [0.1, 0.15) is 51.4 Å². The minimum atomic E-state index is 0.368. The molecule has 0 bridgehead atoms. The Balaban J connectivity index is 1.54. The molecule has 2 aliphatic rings. The van der Waals surface area contributed by atoms with Crippen LogP contribution in [-0.2, 0) is 4.79 Å². The molecule has 1 aliphatic heterocycles. The summed E-state index contributed by atoms with van der Waals surface area (Å²) in [5, 5.41) is 3.60. The van der Waals surface area contributed by atoms with Crippen molar-refractivity contribution in [2.24, 2.45) is 0 Å². The van der Waals surface area contributed by atoms with E-state index in [4.69, 9.17) is 0 Å². The van der Waals surface area contributed by atoms with Crippen molar-refractivity contribution in [1.82, 2.24) is 10.2 Å². The van der Waals surface area contributed by atoms with Crippen molar-refractivity contribution < 1.29 is 4.79 Å². The third-order valence-corrected chi connectivity index (χ3v) is 3.81. The van der Waals surface area contributed by atoms with E-state index in [2.05, 4.69) is 5.32 Å². The number of amides is 1. The van der Waals surface area contributed by atoms with Gasteiger partial charge in [0, 0.05) is 25.6 Å². The first kappa shape index (κ1) is 11.9. The van der Waals surface area contributed by atoms with Gasteiger partial charge in [-0.05, 0) is 38.6 Å². The quantitative estimate of drug-likeness (QED) is 0.724. The van der Waals surface area contributed by atoms with E-state index in [-0.39, 0.29) is 0 Å². The monoisotopic (exact) mass is 224 g/mol. The zero-order valence-corrected chi connectivity index (χ0v) is 10.2. The molecule has 2 fully saturated rings. The van der Waals surface area contributed by atoms with Crippen molar-refractivity contribution in [2.45, 2.75) is 57.4 Å². The predicted molar refractivity (Wildman–Crippen MR) is 65.3 cm³/mol. The number of carbonyl (C=O) groups excluding carboxylic acids is 1. The molecule has 92 valence electrons. The van der Waals surface area contributed by atoms with Gasteiger partial charge in [-0.3, -0.25) is 4.79 Å². The molecule has 2 rings (SSSR count). The smallest absolute Gasteiger partial charge is 0.222 e. The second-order valence-corrected chi connectivity index (χ2v) is 5.13. The molecule has 3 heteroatoms. The van der Waals surface area contributed by atoms with Crippen molar-refractivity contribution in [1.29, 1.82) is 0 Å². The van der Waals surface area contributed by atoms with Gasteiger partial charge in [0.25, 0.3) is 0 Å². The summed E-state index contributed by atoms with van der Waals surface area (Å²) in [6, 6.07) is 0.761. The molecule has 0 aromatic heterocycles. The van der Waals surface area contributed by atoms with Gasteiger partial charge in [-0.1, -0.05) is 12.8 Å². The summed E-state index contributed by atoms with van der Waals surface area (Å²) in [7, 11) is 0. The summed E-state index contributed by atoms with van der Waals surface area (Å²) >= 11 is 0. The van der Waals surface area contributed by atoms with Gasteiger partial charge in [-0.2, -0.15) is 0 Å². The van der Waals surface area contributed by atoms with E-state index in [1.165, 1.54) is 32.1 Å². The molecule has 1 saturated heterocycles. The summed E-state index contributed by atoms with van der Waals surface area (Å²) in [6.07, 6.45) is 9.66. The van der Waals surface area contributed by atoms with Crippen LogP contribution in [-0.4, -0.2) is 36.5 Å². The molecule has 1 amide bonds. The molecule has 0 radical (unpaired) electrons. The van der Waals surface area contributed by atoms with E-state index in [0.717, 1.165) is 44.9 Å². The van der Waals surface area contributed by atoms with Crippen LogP contribution in [0.15, 0.2) is 0 Å². The fourth-order valence-corrected chi connectivity index (χ4v) is 2.80. The predicted octanol–water partition coefficient (Wildman–Crippen LogP) is 1.92. The van der Waals surface area contributed by atoms with Gasteiger partial charge in [0.15, 0.2) is 0 Å². The van der Waals surface area contributed by atoms with E-state index < -0.39 is 0 Å². The van der Waals surface area contributed by atoms with Gasteiger partial charge in [0.05, 0.1) is 0 Å². The van der Waals surface area contributed by atoms with E-state index in [1.807, 2.05) is 4.90 Å². The second-order valence-electron chi connectivity index (χ2n) is 5.13. The number of likely N-dealkylation sites (tertiary alicyclic amines) is 1. The van der Waals surface area contributed by atoms with Gasteiger partial charge >= 0.3 is 0 Å². The topological polar surface area (TPSA) is 32.3 Å². The minimum absolute atomic E-state index is 0.368. The van der Waals surface area contributed by atoms with Crippen LogP contribution in [0.25, 0.3) is 0 Å². The van der Waals surface area contributed by atoms with Crippen molar-refractivity contribution in [2.75, 3.05) is 19.6 Å². The Hall–Kier alpha value is -0.570. The Morgan fingerprint density at radius 1 is 1.19 bits per heavy atom. The van der Waals surface area contributed by atoms with Crippen LogP contribution in [0.4, 0.5) is 0 Å². The average Bonchev–Trinajstić information content (AvgIpc) is 2.79. The lowest BCUT2D eigenvalue weighted by Crippen LogP contribution is -2.37. The van der Waals surface area contributed by atoms with E-state index in [1.54, 1.807) is 0 Å². The second kappa shape index (κ2) is 6.24. The molecule has 0 aromatic rings. The Morgan fingerprint density at radius 3 is 2.75 bits per heavy atom. The Kier molecular flexibility index (Phi) is 4.64. The molecule has 3 nitrogen and oxygen atoms in total. The van der Waals surface area contributed by atoms with Crippen molar-refractivity contribution in [3.63, 3.8) is 0 Å². The fraction of sp³-hybridized carbons (Fsp3) is 0.923. The first-order valence-electron chi connectivity index (χ1n) is 6.87. The number of nitrogens with zero attached hydrogens (tertiary/aromatic N) is 1. The first-order chi connectivity index (χ1) is 7.86.